The molecule has 2 saturated heterocycles. The van der Waals surface area contributed by atoms with Crippen LogP contribution in [0.5, 0.6) is 0 Å². The summed E-state index contributed by atoms with van der Waals surface area (Å²) >= 11 is 0. The molecule has 0 spiro atoms. The SMILES string of the molecule is C[C@H]1CN[C@@H]2C[C@H]3[C@@H](C[C@@]4(C)[C@@H]5CC[C@H]6C[C@@H](N)CC[C@]6(C)[C@H]5CC[C@]34C)O[C@@]2(O)C1. The third-order valence-corrected chi connectivity index (χ3v) is 12.5. The average molecular weight is 431 g/mol. The standard InChI is InChI=1S/C27H46N2O2/c1-16-13-27(30)23(29-15-16)12-21-22(31-27)14-26(4)20-6-5-17-11-18(28)7-9-24(17,2)19(20)8-10-25(21,26)3/h16-23,29-30H,5-15,28H2,1-4H3/t16-,17+,18+,19+,20-,21+,22-,23-,24+,25-,26+,27+/m1/s1. The number of hydrogen-bond acceptors (Lipinski definition) is 4. The molecule has 0 aromatic heterocycles. The highest BCUT2D eigenvalue weighted by atomic mass is 16.6. The van der Waals surface area contributed by atoms with Crippen LogP contribution < -0.4 is 11.1 Å². The fourth-order valence-corrected chi connectivity index (χ4v) is 10.5. The van der Waals surface area contributed by atoms with E-state index in [1.807, 2.05) is 0 Å². The molecule has 0 bridgehead atoms. The van der Waals surface area contributed by atoms with E-state index >= 15 is 0 Å². The molecule has 0 amide bonds. The van der Waals surface area contributed by atoms with E-state index in [9.17, 15) is 5.11 Å². The second-order valence-corrected chi connectivity index (χ2v) is 13.7. The van der Waals surface area contributed by atoms with Crippen molar-refractivity contribution in [2.75, 3.05) is 6.54 Å². The zero-order valence-electron chi connectivity index (χ0n) is 20.3. The van der Waals surface area contributed by atoms with E-state index in [-0.39, 0.29) is 12.1 Å². The Bertz CT molecular complexity index is 745. The van der Waals surface area contributed by atoms with Gasteiger partial charge in [0.1, 0.15) is 0 Å². The van der Waals surface area contributed by atoms with Gasteiger partial charge in [-0.1, -0.05) is 27.7 Å². The summed E-state index contributed by atoms with van der Waals surface area (Å²) in [6.45, 7) is 11.1. The van der Waals surface area contributed by atoms with Crippen molar-refractivity contribution in [3.05, 3.63) is 0 Å². The third kappa shape index (κ3) is 2.74. The zero-order chi connectivity index (χ0) is 21.8. The summed E-state index contributed by atoms with van der Waals surface area (Å²) in [6, 6.07) is 0.538. The highest BCUT2D eigenvalue weighted by molar-refractivity contribution is 5.18. The van der Waals surface area contributed by atoms with Crippen molar-refractivity contribution in [2.24, 2.45) is 51.6 Å². The van der Waals surface area contributed by atoms with Crippen LogP contribution >= 0.6 is 0 Å². The molecular formula is C27H46N2O2. The average Bonchev–Trinajstić information content (AvgIpc) is 2.92. The summed E-state index contributed by atoms with van der Waals surface area (Å²) < 4.78 is 6.70. The first-order valence-corrected chi connectivity index (χ1v) is 13.5. The Kier molecular flexibility index (Phi) is 4.62. The maximum atomic E-state index is 11.5. The van der Waals surface area contributed by atoms with Crippen LogP contribution in [0.25, 0.3) is 0 Å². The predicted molar refractivity (Wildman–Crippen MR) is 123 cm³/mol. The minimum absolute atomic E-state index is 0.106. The highest BCUT2D eigenvalue weighted by Crippen LogP contribution is 2.74. The van der Waals surface area contributed by atoms with Gasteiger partial charge in [0.2, 0.25) is 0 Å². The predicted octanol–water partition coefficient (Wildman–Crippen LogP) is 4.45. The molecule has 176 valence electrons. The normalized spacial score (nSPS) is 63.3. The molecule has 2 heterocycles. The van der Waals surface area contributed by atoms with Gasteiger partial charge < -0.3 is 20.9 Å². The van der Waals surface area contributed by atoms with Crippen LogP contribution in [0.2, 0.25) is 0 Å². The zero-order valence-corrected chi connectivity index (χ0v) is 20.3. The van der Waals surface area contributed by atoms with Gasteiger partial charge in [0, 0.05) is 12.5 Å². The minimum Gasteiger partial charge on any atom is -0.364 e. The summed E-state index contributed by atoms with van der Waals surface area (Å²) in [5.74, 6) is 2.58. The van der Waals surface area contributed by atoms with Crippen molar-refractivity contribution in [3.63, 3.8) is 0 Å². The summed E-state index contributed by atoms with van der Waals surface area (Å²) in [6.07, 6.45) is 12.5. The lowest BCUT2D eigenvalue weighted by molar-refractivity contribution is -0.297. The van der Waals surface area contributed by atoms with Gasteiger partial charge in [0.15, 0.2) is 5.79 Å². The van der Waals surface area contributed by atoms with Gasteiger partial charge >= 0.3 is 0 Å². The van der Waals surface area contributed by atoms with Gasteiger partial charge in [-0.3, -0.25) is 0 Å². The Morgan fingerprint density at radius 3 is 2.52 bits per heavy atom. The number of fused-ring (bicyclic) bond motifs is 8. The Balaban J connectivity index is 1.31. The number of piperidine rings is 1. The molecule has 4 N–H and O–H groups in total. The van der Waals surface area contributed by atoms with Crippen LogP contribution in [0.15, 0.2) is 0 Å². The quantitative estimate of drug-likeness (QED) is 0.531. The largest absolute Gasteiger partial charge is 0.364 e. The van der Waals surface area contributed by atoms with Crippen molar-refractivity contribution in [1.29, 1.82) is 0 Å². The monoisotopic (exact) mass is 430 g/mol. The van der Waals surface area contributed by atoms with Crippen LogP contribution in [-0.2, 0) is 4.74 Å². The Hall–Kier alpha value is -0.160. The maximum absolute atomic E-state index is 11.5. The number of rotatable bonds is 0. The molecular weight excluding hydrogens is 384 g/mol. The molecule has 0 aromatic carbocycles. The third-order valence-electron chi connectivity index (χ3n) is 12.5. The lowest BCUT2D eigenvalue weighted by Crippen LogP contribution is -2.65. The summed E-state index contributed by atoms with van der Waals surface area (Å²) in [5.41, 5.74) is 7.56. The molecule has 12 atom stereocenters. The molecule has 2 aliphatic heterocycles. The second-order valence-electron chi connectivity index (χ2n) is 13.7. The van der Waals surface area contributed by atoms with E-state index in [1.54, 1.807) is 0 Å². The van der Waals surface area contributed by atoms with Crippen LogP contribution in [0, 0.1) is 45.8 Å². The van der Waals surface area contributed by atoms with E-state index < -0.39 is 5.79 Å². The fraction of sp³-hybridized carbons (Fsp3) is 1.00. The van der Waals surface area contributed by atoms with E-state index in [1.165, 1.54) is 44.9 Å². The molecule has 6 rings (SSSR count). The van der Waals surface area contributed by atoms with Crippen molar-refractivity contribution in [3.8, 4) is 0 Å². The first kappa shape index (κ1) is 21.4. The number of ether oxygens (including phenoxy) is 1. The number of nitrogens with one attached hydrogen (secondary N) is 1. The van der Waals surface area contributed by atoms with Gasteiger partial charge in [-0.2, -0.15) is 0 Å². The van der Waals surface area contributed by atoms with Gasteiger partial charge in [-0.05, 0) is 110 Å². The first-order valence-electron chi connectivity index (χ1n) is 13.5. The molecule has 0 aromatic rings. The van der Waals surface area contributed by atoms with Crippen LogP contribution in [0.1, 0.15) is 91.9 Å². The molecule has 0 radical (unpaired) electrons. The molecule has 31 heavy (non-hydrogen) atoms. The number of nitrogens with two attached hydrogens (primary N) is 1. The summed E-state index contributed by atoms with van der Waals surface area (Å²) in [4.78, 5) is 0. The maximum Gasteiger partial charge on any atom is 0.181 e. The number of aliphatic hydroxyl groups is 1. The van der Waals surface area contributed by atoms with E-state index in [4.69, 9.17) is 10.5 Å². The Labute approximate surface area is 189 Å². The van der Waals surface area contributed by atoms with Gasteiger partial charge in [-0.25, -0.2) is 0 Å². The molecule has 4 heteroatoms. The molecule has 4 saturated carbocycles. The second kappa shape index (κ2) is 6.71. The van der Waals surface area contributed by atoms with E-state index in [0.29, 0.717) is 34.1 Å². The minimum atomic E-state index is -0.957. The smallest absolute Gasteiger partial charge is 0.181 e. The van der Waals surface area contributed by atoms with E-state index in [2.05, 4.69) is 33.0 Å². The van der Waals surface area contributed by atoms with Gasteiger partial charge in [0.25, 0.3) is 0 Å². The van der Waals surface area contributed by atoms with Crippen LogP contribution in [0.4, 0.5) is 0 Å². The Morgan fingerprint density at radius 1 is 0.903 bits per heavy atom. The molecule has 6 aliphatic rings. The Morgan fingerprint density at radius 2 is 1.71 bits per heavy atom. The highest BCUT2D eigenvalue weighted by Gasteiger charge is 2.70. The summed E-state index contributed by atoms with van der Waals surface area (Å²) in [5, 5.41) is 15.1. The van der Waals surface area contributed by atoms with Gasteiger partial charge in [0.05, 0.1) is 12.1 Å². The lowest BCUT2D eigenvalue weighted by Gasteiger charge is -2.65. The summed E-state index contributed by atoms with van der Waals surface area (Å²) in [7, 11) is 0. The van der Waals surface area contributed by atoms with Gasteiger partial charge in [-0.15, -0.1) is 0 Å². The molecule has 0 unspecified atom stereocenters. The molecule has 4 aliphatic carbocycles. The van der Waals surface area contributed by atoms with Crippen molar-refractivity contribution in [1.82, 2.24) is 5.32 Å². The molecule has 4 nitrogen and oxygen atoms in total. The number of hydrogen-bond donors (Lipinski definition) is 3. The van der Waals surface area contributed by atoms with Crippen molar-refractivity contribution < 1.29 is 9.84 Å². The topological polar surface area (TPSA) is 67.5 Å². The fourth-order valence-electron chi connectivity index (χ4n) is 10.5. The van der Waals surface area contributed by atoms with E-state index in [0.717, 1.165) is 43.6 Å². The van der Waals surface area contributed by atoms with Crippen molar-refractivity contribution in [2.45, 2.75) is 116 Å². The van der Waals surface area contributed by atoms with Crippen molar-refractivity contribution >= 4 is 0 Å². The lowest BCUT2D eigenvalue weighted by atomic mass is 9.40. The first-order chi connectivity index (χ1) is 14.6. The molecule has 6 fully saturated rings. The van der Waals surface area contributed by atoms with Crippen LogP contribution in [0.3, 0.4) is 0 Å². The van der Waals surface area contributed by atoms with Crippen LogP contribution in [-0.4, -0.2) is 35.6 Å².